The van der Waals surface area contributed by atoms with E-state index in [1.54, 1.807) is 19.2 Å². The van der Waals surface area contributed by atoms with Gasteiger partial charge in [-0.05, 0) is 25.5 Å². The van der Waals surface area contributed by atoms with Crippen LogP contribution in [0.1, 0.15) is 25.8 Å². The Bertz CT molecular complexity index is 436. The number of amides is 1. The van der Waals surface area contributed by atoms with Crippen LogP contribution in [0, 0.1) is 11.7 Å². The van der Waals surface area contributed by atoms with E-state index >= 15 is 0 Å². The largest absolute Gasteiger partial charge is 0.480 e. The van der Waals surface area contributed by atoms with Crippen molar-refractivity contribution in [3.8, 4) is 5.75 Å². The zero-order valence-corrected chi connectivity index (χ0v) is 12.3. The second-order valence-corrected chi connectivity index (χ2v) is 5.08. The highest BCUT2D eigenvalue weighted by Gasteiger charge is 2.11. The van der Waals surface area contributed by atoms with Crippen molar-refractivity contribution in [1.82, 2.24) is 10.6 Å². The zero-order valence-electron chi connectivity index (χ0n) is 12.3. The first-order valence-electron chi connectivity index (χ1n) is 6.86. The molecule has 1 aromatic carbocycles. The van der Waals surface area contributed by atoms with E-state index in [1.807, 2.05) is 0 Å². The van der Waals surface area contributed by atoms with E-state index in [4.69, 9.17) is 4.74 Å². The lowest BCUT2D eigenvalue weighted by Gasteiger charge is -2.12. The van der Waals surface area contributed by atoms with Crippen molar-refractivity contribution >= 4 is 5.91 Å². The number of nitrogens with one attached hydrogen (secondary N) is 2. The normalized spacial score (nSPS) is 10.7. The topological polar surface area (TPSA) is 50.4 Å². The van der Waals surface area contributed by atoms with Crippen molar-refractivity contribution in [2.24, 2.45) is 5.92 Å². The van der Waals surface area contributed by atoms with Crippen LogP contribution in [-0.4, -0.2) is 26.1 Å². The van der Waals surface area contributed by atoms with Crippen LogP contribution in [0.4, 0.5) is 4.39 Å². The molecule has 4 nitrogen and oxygen atoms in total. The monoisotopic (exact) mass is 282 g/mol. The summed E-state index contributed by atoms with van der Waals surface area (Å²) in [7, 11) is 1.77. The lowest BCUT2D eigenvalue weighted by Crippen LogP contribution is -2.30. The van der Waals surface area contributed by atoms with Gasteiger partial charge in [-0.1, -0.05) is 26.0 Å². The fourth-order valence-corrected chi connectivity index (χ4v) is 1.73. The number of halogens is 1. The van der Waals surface area contributed by atoms with Crippen molar-refractivity contribution in [3.63, 3.8) is 0 Å². The van der Waals surface area contributed by atoms with E-state index in [1.165, 1.54) is 6.07 Å². The minimum absolute atomic E-state index is 0.140. The molecular formula is C15H23FN2O2. The summed E-state index contributed by atoms with van der Waals surface area (Å²) in [5.41, 5.74) is 0.697. The molecule has 0 radical (unpaired) electrons. The number of rotatable bonds is 8. The summed E-state index contributed by atoms with van der Waals surface area (Å²) in [6.07, 6.45) is 0.913. The Morgan fingerprint density at radius 2 is 2.15 bits per heavy atom. The van der Waals surface area contributed by atoms with Crippen LogP contribution in [0.2, 0.25) is 0 Å². The second-order valence-electron chi connectivity index (χ2n) is 5.08. The number of hydrogen-bond acceptors (Lipinski definition) is 3. The fourth-order valence-electron chi connectivity index (χ4n) is 1.73. The Hall–Kier alpha value is -1.62. The molecule has 0 aliphatic carbocycles. The Morgan fingerprint density at radius 3 is 2.80 bits per heavy atom. The molecule has 1 rings (SSSR count). The van der Waals surface area contributed by atoms with Gasteiger partial charge in [0.2, 0.25) is 0 Å². The third kappa shape index (κ3) is 5.57. The molecule has 0 spiro atoms. The standard InChI is InChI=1S/C15H23FN2O2/c1-11(2)7-8-18-14(19)10-20-15-12(9-17-3)5-4-6-13(15)16/h4-6,11,17H,7-10H2,1-3H3,(H,18,19). The summed E-state index contributed by atoms with van der Waals surface area (Å²) in [5.74, 6) is -0.0112. The third-order valence-electron chi connectivity index (χ3n) is 2.81. The molecule has 1 amide bonds. The van der Waals surface area contributed by atoms with Gasteiger partial charge in [0, 0.05) is 18.7 Å². The van der Waals surface area contributed by atoms with Gasteiger partial charge < -0.3 is 15.4 Å². The Balaban J connectivity index is 2.50. The maximum atomic E-state index is 13.7. The maximum Gasteiger partial charge on any atom is 0.257 e. The van der Waals surface area contributed by atoms with Crippen molar-refractivity contribution in [2.75, 3.05) is 20.2 Å². The predicted octanol–water partition coefficient (Wildman–Crippen LogP) is 2.09. The van der Waals surface area contributed by atoms with Crippen LogP contribution in [-0.2, 0) is 11.3 Å². The van der Waals surface area contributed by atoms with Crippen LogP contribution < -0.4 is 15.4 Å². The predicted molar refractivity (Wildman–Crippen MR) is 77.1 cm³/mol. The summed E-state index contributed by atoms with van der Waals surface area (Å²) < 4.78 is 19.0. The highest BCUT2D eigenvalue weighted by atomic mass is 19.1. The lowest BCUT2D eigenvalue weighted by atomic mass is 10.1. The Labute approximate surface area is 119 Å². The van der Waals surface area contributed by atoms with Gasteiger partial charge >= 0.3 is 0 Å². The molecule has 0 fully saturated rings. The number of para-hydroxylation sites is 1. The first kappa shape index (κ1) is 16.4. The average molecular weight is 282 g/mol. The molecule has 0 unspecified atom stereocenters. The molecule has 1 aromatic rings. The van der Waals surface area contributed by atoms with Crippen molar-refractivity contribution < 1.29 is 13.9 Å². The van der Waals surface area contributed by atoms with Crippen LogP contribution in [0.5, 0.6) is 5.75 Å². The fraction of sp³-hybridized carbons (Fsp3) is 0.533. The highest BCUT2D eigenvalue weighted by molar-refractivity contribution is 5.77. The molecule has 0 heterocycles. The summed E-state index contributed by atoms with van der Waals surface area (Å²) in [6, 6.07) is 4.72. The van der Waals surface area contributed by atoms with Crippen molar-refractivity contribution in [3.05, 3.63) is 29.6 Å². The van der Waals surface area contributed by atoms with Gasteiger partial charge in [0.05, 0.1) is 0 Å². The minimum Gasteiger partial charge on any atom is -0.480 e. The number of benzene rings is 1. The molecule has 0 aliphatic heterocycles. The molecule has 0 aliphatic rings. The molecule has 0 saturated carbocycles. The smallest absolute Gasteiger partial charge is 0.257 e. The van der Waals surface area contributed by atoms with Gasteiger partial charge in [-0.15, -0.1) is 0 Å². The molecule has 0 aromatic heterocycles. The van der Waals surface area contributed by atoms with Crippen LogP contribution >= 0.6 is 0 Å². The second kappa shape index (κ2) is 8.53. The number of hydrogen-bond donors (Lipinski definition) is 2. The number of ether oxygens (including phenoxy) is 1. The first-order chi connectivity index (χ1) is 9.54. The molecule has 0 saturated heterocycles. The first-order valence-corrected chi connectivity index (χ1v) is 6.86. The van der Waals surface area contributed by atoms with E-state index in [-0.39, 0.29) is 18.3 Å². The minimum atomic E-state index is -0.451. The van der Waals surface area contributed by atoms with E-state index in [2.05, 4.69) is 24.5 Å². The van der Waals surface area contributed by atoms with Gasteiger partial charge in [0.25, 0.3) is 5.91 Å². The van der Waals surface area contributed by atoms with Crippen molar-refractivity contribution in [2.45, 2.75) is 26.8 Å². The zero-order chi connectivity index (χ0) is 15.0. The maximum absolute atomic E-state index is 13.7. The molecule has 0 bridgehead atoms. The van der Waals surface area contributed by atoms with E-state index < -0.39 is 5.82 Å². The molecule has 2 N–H and O–H groups in total. The van der Waals surface area contributed by atoms with E-state index in [9.17, 15) is 9.18 Å². The van der Waals surface area contributed by atoms with Crippen LogP contribution in [0.25, 0.3) is 0 Å². The molecule has 0 atom stereocenters. The Kier molecular flexibility index (Phi) is 7.01. The van der Waals surface area contributed by atoms with Gasteiger partial charge in [0.1, 0.15) is 0 Å². The van der Waals surface area contributed by atoms with Crippen molar-refractivity contribution in [1.29, 1.82) is 0 Å². The Morgan fingerprint density at radius 1 is 1.40 bits per heavy atom. The summed E-state index contributed by atoms with van der Waals surface area (Å²) in [5, 5.41) is 5.69. The van der Waals surface area contributed by atoms with Crippen LogP contribution in [0.15, 0.2) is 18.2 Å². The van der Waals surface area contributed by atoms with Gasteiger partial charge in [-0.3, -0.25) is 4.79 Å². The third-order valence-corrected chi connectivity index (χ3v) is 2.81. The average Bonchev–Trinajstić information content (AvgIpc) is 2.38. The van der Waals surface area contributed by atoms with Gasteiger partial charge in [-0.2, -0.15) is 0 Å². The van der Waals surface area contributed by atoms with Crippen LogP contribution in [0.3, 0.4) is 0 Å². The SMILES string of the molecule is CNCc1cccc(F)c1OCC(=O)NCCC(C)C. The van der Waals surface area contributed by atoms with Gasteiger partial charge in [0.15, 0.2) is 18.2 Å². The molecule has 112 valence electrons. The molecule has 20 heavy (non-hydrogen) atoms. The van der Waals surface area contributed by atoms with Gasteiger partial charge in [-0.25, -0.2) is 4.39 Å². The number of carbonyl (C=O) groups is 1. The van der Waals surface area contributed by atoms with E-state index in [0.717, 1.165) is 6.42 Å². The lowest BCUT2D eigenvalue weighted by molar-refractivity contribution is -0.123. The highest BCUT2D eigenvalue weighted by Crippen LogP contribution is 2.22. The molecular weight excluding hydrogens is 259 g/mol. The summed E-state index contributed by atoms with van der Waals surface area (Å²) in [6.45, 7) is 5.11. The number of carbonyl (C=O) groups excluding carboxylic acids is 1. The summed E-state index contributed by atoms with van der Waals surface area (Å²) in [4.78, 5) is 11.6. The molecule has 5 heteroatoms. The van der Waals surface area contributed by atoms with E-state index in [0.29, 0.717) is 24.6 Å². The quantitative estimate of drug-likeness (QED) is 0.767. The summed E-state index contributed by atoms with van der Waals surface area (Å²) >= 11 is 0.